The first-order valence-electron chi connectivity index (χ1n) is 13.0. The Kier molecular flexibility index (Phi) is 6.12. The summed E-state index contributed by atoms with van der Waals surface area (Å²) in [6.45, 7) is 1.90. The SMILES string of the molecule is O=C(c1ccc2ccccc2c1)N1CCC(C2(c3ccccn3)NC(=O)N(CC3CCCO3)C2=O)CC1. The minimum atomic E-state index is -1.24. The van der Waals surface area contributed by atoms with E-state index in [0.29, 0.717) is 43.8 Å². The molecule has 190 valence electrons. The van der Waals surface area contributed by atoms with E-state index >= 15 is 0 Å². The Morgan fingerprint density at radius 2 is 1.78 bits per heavy atom. The maximum atomic E-state index is 14.0. The number of imide groups is 1. The van der Waals surface area contributed by atoms with E-state index in [1.807, 2.05) is 53.4 Å². The van der Waals surface area contributed by atoms with Crippen molar-refractivity contribution in [3.8, 4) is 0 Å². The van der Waals surface area contributed by atoms with Gasteiger partial charge in [0.1, 0.15) is 0 Å². The van der Waals surface area contributed by atoms with E-state index < -0.39 is 11.6 Å². The van der Waals surface area contributed by atoms with E-state index in [0.717, 1.165) is 23.6 Å². The summed E-state index contributed by atoms with van der Waals surface area (Å²) >= 11 is 0. The van der Waals surface area contributed by atoms with Crippen molar-refractivity contribution in [1.29, 1.82) is 0 Å². The van der Waals surface area contributed by atoms with Gasteiger partial charge in [-0.2, -0.15) is 0 Å². The molecule has 2 unspecified atom stereocenters. The number of piperidine rings is 1. The quantitative estimate of drug-likeness (QED) is 0.542. The normalized spacial score (nSPS) is 24.6. The van der Waals surface area contributed by atoms with Crippen molar-refractivity contribution in [2.45, 2.75) is 37.3 Å². The molecule has 8 heteroatoms. The van der Waals surface area contributed by atoms with Gasteiger partial charge in [-0.05, 0) is 60.7 Å². The summed E-state index contributed by atoms with van der Waals surface area (Å²) in [5.41, 5.74) is -0.0400. The number of carbonyl (C=O) groups excluding carboxylic acids is 3. The molecule has 3 saturated heterocycles. The molecule has 4 amide bonds. The van der Waals surface area contributed by atoms with Crippen LogP contribution in [-0.2, 0) is 15.1 Å². The van der Waals surface area contributed by atoms with E-state index in [1.165, 1.54) is 4.90 Å². The van der Waals surface area contributed by atoms with Crippen molar-refractivity contribution in [3.05, 3.63) is 78.1 Å². The van der Waals surface area contributed by atoms with Crippen LogP contribution < -0.4 is 5.32 Å². The van der Waals surface area contributed by atoms with Gasteiger partial charge < -0.3 is 15.0 Å². The van der Waals surface area contributed by atoms with Crippen molar-refractivity contribution in [2.75, 3.05) is 26.2 Å². The Morgan fingerprint density at radius 3 is 2.51 bits per heavy atom. The van der Waals surface area contributed by atoms with E-state index in [2.05, 4.69) is 10.3 Å². The highest BCUT2D eigenvalue weighted by Gasteiger charge is 2.58. The van der Waals surface area contributed by atoms with E-state index in [1.54, 1.807) is 18.3 Å². The number of pyridine rings is 1. The summed E-state index contributed by atoms with van der Waals surface area (Å²) in [5.74, 6) is -0.474. The van der Waals surface area contributed by atoms with Gasteiger partial charge in [-0.25, -0.2) is 4.79 Å². The molecule has 2 aromatic carbocycles. The molecule has 6 rings (SSSR count). The van der Waals surface area contributed by atoms with E-state index in [4.69, 9.17) is 4.74 Å². The summed E-state index contributed by atoms with van der Waals surface area (Å²) in [5, 5.41) is 5.16. The third-order valence-corrected chi connectivity index (χ3v) is 8.00. The average Bonchev–Trinajstić information content (AvgIpc) is 3.56. The number of aromatic nitrogens is 1. The van der Waals surface area contributed by atoms with Crippen molar-refractivity contribution in [1.82, 2.24) is 20.1 Å². The van der Waals surface area contributed by atoms with Gasteiger partial charge in [0.25, 0.3) is 11.8 Å². The Hall–Kier alpha value is -3.78. The largest absolute Gasteiger partial charge is 0.376 e. The zero-order valence-corrected chi connectivity index (χ0v) is 20.6. The van der Waals surface area contributed by atoms with Crippen LogP contribution in [0.3, 0.4) is 0 Å². The zero-order chi connectivity index (χ0) is 25.4. The lowest BCUT2D eigenvalue weighted by Crippen LogP contribution is -2.54. The molecule has 3 fully saturated rings. The molecule has 0 spiro atoms. The predicted molar refractivity (Wildman–Crippen MR) is 138 cm³/mol. The number of benzene rings is 2. The summed E-state index contributed by atoms with van der Waals surface area (Å²) in [6, 6.07) is 18.8. The zero-order valence-electron chi connectivity index (χ0n) is 20.6. The molecule has 8 nitrogen and oxygen atoms in total. The lowest BCUT2D eigenvalue weighted by molar-refractivity contribution is -0.135. The van der Waals surface area contributed by atoms with E-state index in [-0.39, 0.29) is 30.4 Å². The Balaban J connectivity index is 1.23. The molecule has 3 aliphatic heterocycles. The summed E-state index contributed by atoms with van der Waals surface area (Å²) in [4.78, 5) is 48.1. The van der Waals surface area contributed by atoms with Gasteiger partial charge in [-0.15, -0.1) is 0 Å². The van der Waals surface area contributed by atoms with Crippen LogP contribution in [0, 0.1) is 5.92 Å². The monoisotopic (exact) mass is 498 g/mol. The number of fused-ring (bicyclic) bond motifs is 1. The maximum Gasteiger partial charge on any atom is 0.325 e. The number of nitrogens with zero attached hydrogens (tertiary/aromatic N) is 3. The van der Waals surface area contributed by atoms with Crippen molar-refractivity contribution in [2.24, 2.45) is 5.92 Å². The first-order valence-corrected chi connectivity index (χ1v) is 13.0. The smallest absolute Gasteiger partial charge is 0.325 e. The number of amides is 4. The standard InChI is InChI=1S/C29H30N4O4/c34-26(22-11-10-20-6-1-2-7-21(20)18-22)32-15-12-23(13-16-32)29(25-9-3-4-14-30-25)27(35)33(28(36)31-29)19-24-8-5-17-37-24/h1-4,6-7,9-11,14,18,23-24H,5,8,12-13,15-17,19H2,(H,31,36). The van der Waals surface area contributed by atoms with Crippen LogP contribution in [0.4, 0.5) is 4.79 Å². The van der Waals surface area contributed by atoms with Crippen molar-refractivity contribution in [3.63, 3.8) is 0 Å². The summed E-state index contributed by atoms with van der Waals surface area (Å²) in [7, 11) is 0. The number of hydrogen-bond acceptors (Lipinski definition) is 5. The van der Waals surface area contributed by atoms with Crippen LogP contribution in [-0.4, -0.2) is 65.0 Å². The number of nitrogens with one attached hydrogen (secondary N) is 1. The topological polar surface area (TPSA) is 91.8 Å². The Morgan fingerprint density at radius 1 is 1.00 bits per heavy atom. The lowest BCUT2D eigenvalue weighted by Gasteiger charge is -2.40. The predicted octanol–water partition coefficient (Wildman–Crippen LogP) is 3.71. The van der Waals surface area contributed by atoms with Gasteiger partial charge in [-0.3, -0.25) is 19.5 Å². The van der Waals surface area contributed by atoms with E-state index in [9.17, 15) is 14.4 Å². The van der Waals surface area contributed by atoms with Gasteiger partial charge in [0, 0.05) is 37.4 Å². The number of urea groups is 1. The third kappa shape index (κ3) is 4.15. The second-order valence-electron chi connectivity index (χ2n) is 10.1. The van der Waals surface area contributed by atoms with Crippen LogP contribution in [0.25, 0.3) is 10.8 Å². The number of carbonyl (C=O) groups is 3. The molecule has 0 saturated carbocycles. The highest BCUT2D eigenvalue weighted by molar-refractivity contribution is 6.07. The molecule has 0 aliphatic carbocycles. The fourth-order valence-electron chi connectivity index (χ4n) is 6.03. The molecule has 1 N–H and O–H groups in total. The fourth-order valence-corrected chi connectivity index (χ4v) is 6.03. The van der Waals surface area contributed by atoms with Crippen LogP contribution in [0.2, 0.25) is 0 Å². The highest BCUT2D eigenvalue weighted by atomic mass is 16.5. The molecule has 0 bridgehead atoms. The van der Waals surface area contributed by atoms with Crippen molar-refractivity contribution >= 4 is 28.6 Å². The molecule has 0 radical (unpaired) electrons. The first kappa shape index (κ1) is 23.6. The summed E-state index contributed by atoms with van der Waals surface area (Å²) in [6.07, 6.45) is 4.45. The van der Waals surface area contributed by atoms with Crippen LogP contribution in [0.1, 0.15) is 41.7 Å². The second-order valence-corrected chi connectivity index (χ2v) is 10.1. The third-order valence-electron chi connectivity index (χ3n) is 8.00. The molecule has 4 heterocycles. The molecule has 1 aromatic heterocycles. The van der Waals surface area contributed by atoms with Gasteiger partial charge in [0.2, 0.25) is 0 Å². The molecule has 3 aromatic rings. The lowest BCUT2D eigenvalue weighted by atomic mass is 9.75. The fraction of sp³-hybridized carbons (Fsp3) is 0.379. The minimum Gasteiger partial charge on any atom is -0.376 e. The van der Waals surface area contributed by atoms with Crippen LogP contribution in [0.5, 0.6) is 0 Å². The maximum absolute atomic E-state index is 14.0. The average molecular weight is 499 g/mol. The van der Waals surface area contributed by atoms with Gasteiger partial charge in [0.05, 0.1) is 18.3 Å². The number of likely N-dealkylation sites (tertiary alicyclic amines) is 1. The summed E-state index contributed by atoms with van der Waals surface area (Å²) < 4.78 is 5.71. The molecular weight excluding hydrogens is 468 g/mol. The Bertz CT molecular complexity index is 1330. The second kappa shape index (κ2) is 9.59. The number of rotatable bonds is 5. The van der Waals surface area contributed by atoms with Crippen molar-refractivity contribution < 1.29 is 19.1 Å². The van der Waals surface area contributed by atoms with Crippen LogP contribution in [0.15, 0.2) is 66.9 Å². The molecule has 37 heavy (non-hydrogen) atoms. The van der Waals surface area contributed by atoms with Crippen LogP contribution >= 0.6 is 0 Å². The molecule has 2 atom stereocenters. The van der Waals surface area contributed by atoms with Gasteiger partial charge in [-0.1, -0.05) is 36.4 Å². The number of hydrogen-bond donors (Lipinski definition) is 1. The van der Waals surface area contributed by atoms with Gasteiger partial charge in [0.15, 0.2) is 5.54 Å². The number of ether oxygens (including phenoxy) is 1. The highest BCUT2D eigenvalue weighted by Crippen LogP contribution is 2.41. The molecule has 3 aliphatic rings. The minimum absolute atomic E-state index is 0.0159. The first-order chi connectivity index (χ1) is 18.1. The van der Waals surface area contributed by atoms with Gasteiger partial charge >= 0.3 is 6.03 Å². The molecular formula is C29H30N4O4. The Labute approximate surface area is 215 Å².